The van der Waals surface area contributed by atoms with Gasteiger partial charge < -0.3 is 16.8 Å². The highest BCUT2D eigenvalue weighted by atomic mass is 35.5. The summed E-state index contributed by atoms with van der Waals surface area (Å²) in [6.07, 6.45) is 2.24. The minimum Gasteiger partial charge on any atom is -0.369 e. The minimum atomic E-state index is -0.203. The molecule has 1 saturated heterocycles. The third-order valence-corrected chi connectivity index (χ3v) is 4.17. The van der Waals surface area contributed by atoms with E-state index in [1.807, 2.05) is 12.1 Å². The molecule has 0 radical (unpaired) electrons. The van der Waals surface area contributed by atoms with Crippen molar-refractivity contribution in [1.29, 1.82) is 0 Å². The number of piperidine rings is 1. The van der Waals surface area contributed by atoms with E-state index in [-0.39, 0.29) is 42.5 Å². The maximum Gasteiger partial charge on any atom is 0.221 e. The Morgan fingerprint density at radius 1 is 1.24 bits per heavy atom. The second-order valence-corrected chi connectivity index (χ2v) is 6.11. The zero-order valence-corrected chi connectivity index (χ0v) is 15.9. The van der Waals surface area contributed by atoms with Crippen molar-refractivity contribution in [2.24, 2.45) is 17.4 Å². The minimum absolute atomic E-state index is 0. The molecule has 2 rings (SSSR count). The Hall–Kier alpha value is -1.34. The highest BCUT2D eigenvalue weighted by molar-refractivity contribution is 5.85. The predicted octanol–water partition coefficient (Wildman–Crippen LogP) is 1.19. The molecule has 2 amide bonds. The Kier molecular flexibility index (Phi) is 11.4. The van der Waals surface area contributed by atoms with E-state index in [2.05, 4.69) is 22.3 Å². The van der Waals surface area contributed by atoms with Crippen molar-refractivity contribution in [2.75, 3.05) is 19.6 Å². The van der Waals surface area contributed by atoms with Crippen LogP contribution in [0.1, 0.15) is 30.4 Å². The topological polar surface area (TPSA) is 101 Å². The van der Waals surface area contributed by atoms with Crippen LogP contribution in [0.3, 0.4) is 0 Å². The number of nitrogens with two attached hydrogens (primary N) is 2. The van der Waals surface area contributed by atoms with Crippen molar-refractivity contribution >= 4 is 36.6 Å². The lowest BCUT2D eigenvalue weighted by Crippen LogP contribution is -2.40. The van der Waals surface area contributed by atoms with E-state index in [4.69, 9.17) is 11.5 Å². The van der Waals surface area contributed by atoms with E-state index >= 15 is 0 Å². The molecular weight excluding hydrogens is 363 g/mol. The smallest absolute Gasteiger partial charge is 0.221 e. The van der Waals surface area contributed by atoms with Gasteiger partial charge in [-0.05, 0) is 30.5 Å². The molecule has 0 bridgehead atoms. The summed E-state index contributed by atoms with van der Waals surface area (Å²) in [4.78, 5) is 25.1. The molecule has 1 aromatic rings. The molecule has 1 aromatic carbocycles. The number of carbonyl (C=O) groups excluding carboxylic acids is 2. The van der Waals surface area contributed by atoms with Crippen LogP contribution in [0.15, 0.2) is 24.3 Å². The number of primary amides is 1. The van der Waals surface area contributed by atoms with Gasteiger partial charge in [-0.25, -0.2) is 0 Å². The average Bonchev–Trinajstić information content (AvgIpc) is 2.54. The molecule has 1 unspecified atom stereocenters. The number of benzene rings is 1. The molecule has 1 heterocycles. The molecule has 1 aliphatic heterocycles. The van der Waals surface area contributed by atoms with E-state index < -0.39 is 0 Å². The number of hydrogen-bond acceptors (Lipinski definition) is 4. The highest BCUT2D eigenvalue weighted by Crippen LogP contribution is 2.18. The van der Waals surface area contributed by atoms with Crippen LogP contribution >= 0.6 is 24.8 Å². The summed E-state index contributed by atoms with van der Waals surface area (Å²) in [6.45, 7) is 3.39. The Bertz CT molecular complexity index is 557. The lowest BCUT2D eigenvalue weighted by molar-refractivity contribution is -0.123. The molecule has 8 heteroatoms. The fraction of sp³-hybridized carbons (Fsp3) is 0.529. The van der Waals surface area contributed by atoms with Crippen molar-refractivity contribution in [3.63, 3.8) is 0 Å². The second-order valence-electron chi connectivity index (χ2n) is 6.11. The second kappa shape index (κ2) is 12.1. The van der Waals surface area contributed by atoms with Crippen LogP contribution in [0.5, 0.6) is 0 Å². The fourth-order valence-electron chi connectivity index (χ4n) is 2.95. The molecule has 25 heavy (non-hydrogen) atoms. The average molecular weight is 391 g/mol. The van der Waals surface area contributed by atoms with Gasteiger partial charge in [0.15, 0.2) is 0 Å². The standard InChI is InChI=1S/C17H26N4O2.2ClH/c18-7-6-16(22)20-10-13-3-1-4-14(9-13)11-21-8-2-5-15(12-21)17(19)23;;/h1,3-4,9,15H,2,5-8,10-12,18H2,(H2,19,23)(H,20,22);2*1H. The molecule has 0 saturated carbocycles. The first kappa shape index (κ1) is 23.7. The molecule has 142 valence electrons. The highest BCUT2D eigenvalue weighted by Gasteiger charge is 2.23. The summed E-state index contributed by atoms with van der Waals surface area (Å²) in [6, 6.07) is 8.15. The van der Waals surface area contributed by atoms with Crippen LogP contribution in [-0.2, 0) is 22.7 Å². The summed E-state index contributed by atoms with van der Waals surface area (Å²) < 4.78 is 0. The van der Waals surface area contributed by atoms with Crippen molar-refractivity contribution in [1.82, 2.24) is 10.2 Å². The number of halogens is 2. The SMILES string of the molecule is Cl.Cl.NCCC(=O)NCc1cccc(CN2CCCC(C(N)=O)C2)c1. The molecule has 5 N–H and O–H groups in total. The fourth-order valence-corrected chi connectivity index (χ4v) is 2.95. The van der Waals surface area contributed by atoms with Crippen molar-refractivity contribution in [3.8, 4) is 0 Å². The van der Waals surface area contributed by atoms with Gasteiger partial charge in [-0.3, -0.25) is 14.5 Å². The van der Waals surface area contributed by atoms with Crippen LogP contribution in [0.2, 0.25) is 0 Å². The Morgan fingerprint density at radius 2 is 1.96 bits per heavy atom. The van der Waals surface area contributed by atoms with Gasteiger partial charge in [0.05, 0.1) is 5.92 Å². The summed E-state index contributed by atoms with van der Waals surface area (Å²) in [5.74, 6) is -0.271. The Labute approximate surface area is 161 Å². The predicted molar refractivity (Wildman–Crippen MR) is 104 cm³/mol. The van der Waals surface area contributed by atoms with E-state index in [1.165, 1.54) is 5.56 Å². The lowest BCUT2D eigenvalue weighted by Gasteiger charge is -2.31. The zero-order valence-electron chi connectivity index (χ0n) is 14.3. The Balaban J connectivity index is 0.00000288. The first-order valence-corrected chi connectivity index (χ1v) is 8.14. The van der Waals surface area contributed by atoms with Crippen LogP contribution in [0, 0.1) is 5.92 Å². The number of likely N-dealkylation sites (tertiary alicyclic amines) is 1. The monoisotopic (exact) mass is 390 g/mol. The Morgan fingerprint density at radius 3 is 2.64 bits per heavy atom. The maximum atomic E-state index is 11.5. The van der Waals surface area contributed by atoms with E-state index in [0.29, 0.717) is 19.5 Å². The van der Waals surface area contributed by atoms with Gasteiger partial charge in [0.25, 0.3) is 0 Å². The van der Waals surface area contributed by atoms with Crippen LogP contribution in [0.25, 0.3) is 0 Å². The quantitative estimate of drug-likeness (QED) is 0.650. The van der Waals surface area contributed by atoms with E-state index in [9.17, 15) is 9.59 Å². The first-order chi connectivity index (χ1) is 11.1. The number of carbonyl (C=O) groups is 2. The van der Waals surface area contributed by atoms with Crippen LogP contribution < -0.4 is 16.8 Å². The van der Waals surface area contributed by atoms with Gasteiger partial charge in [0, 0.05) is 32.6 Å². The van der Waals surface area contributed by atoms with Crippen molar-refractivity contribution < 1.29 is 9.59 Å². The van der Waals surface area contributed by atoms with Crippen molar-refractivity contribution in [2.45, 2.75) is 32.4 Å². The lowest BCUT2D eigenvalue weighted by atomic mass is 9.97. The van der Waals surface area contributed by atoms with Gasteiger partial charge in [-0.1, -0.05) is 24.3 Å². The summed E-state index contributed by atoms with van der Waals surface area (Å²) in [5, 5.41) is 2.86. The van der Waals surface area contributed by atoms with Crippen LogP contribution in [-0.4, -0.2) is 36.3 Å². The van der Waals surface area contributed by atoms with E-state index in [1.54, 1.807) is 0 Å². The number of hydrogen-bond donors (Lipinski definition) is 3. The van der Waals surface area contributed by atoms with E-state index in [0.717, 1.165) is 38.0 Å². The molecular formula is C17H28Cl2N4O2. The zero-order chi connectivity index (χ0) is 16.7. The summed E-state index contributed by atoms with van der Waals surface area (Å²) in [7, 11) is 0. The number of amides is 2. The van der Waals surface area contributed by atoms with Gasteiger partial charge in [-0.2, -0.15) is 0 Å². The maximum absolute atomic E-state index is 11.5. The third kappa shape index (κ3) is 8.05. The molecule has 1 aliphatic rings. The molecule has 0 aromatic heterocycles. The number of rotatable bonds is 7. The summed E-state index contributed by atoms with van der Waals surface area (Å²) >= 11 is 0. The molecule has 6 nitrogen and oxygen atoms in total. The van der Waals surface area contributed by atoms with Gasteiger partial charge in [-0.15, -0.1) is 24.8 Å². The normalized spacial score (nSPS) is 17.1. The van der Waals surface area contributed by atoms with Crippen molar-refractivity contribution in [3.05, 3.63) is 35.4 Å². The van der Waals surface area contributed by atoms with Gasteiger partial charge in [0.1, 0.15) is 0 Å². The summed E-state index contributed by atoms with van der Waals surface area (Å²) in [5.41, 5.74) is 13.0. The van der Waals surface area contributed by atoms with Gasteiger partial charge >= 0.3 is 0 Å². The number of nitrogens with one attached hydrogen (secondary N) is 1. The number of nitrogens with zero attached hydrogens (tertiary/aromatic N) is 1. The molecule has 1 atom stereocenters. The van der Waals surface area contributed by atoms with Gasteiger partial charge in [0.2, 0.25) is 11.8 Å². The largest absolute Gasteiger partial charge is 0.369 e. The van der Waals surface area contributed by atoms with Crippen LogP contribution in [0.4, 0.5) is 0 Å². The molecule has 0 aliphatic carbocycles. The molecule has 0 spiro atoms. The third-order valence-electron chi connectivity index (χ3n) is 4.17. The first-order valence-electron chi connectivity index (χ1n) is 8.14. The molecule has 1 fully saturated rings.